The highest BCUT2D eigenvalue weighted by molar-refractivity contribution is 6.05. The van der Waals surface area contributed by atoms with Crippen LogP contribution in [0.15, 0.2) is 42.7 Å². The molecular formula is C18H15FN4O. The summed E-state index contributed by atoms with van der Waals surface area (Å²) in [5.74, 6) is -1.14. The number of fused-ring (bicyclic) bond motifs is 1. The fraction of sp³-hybridized carbons (Fsp3) is 0.167. The molecule has 2 heterocycles. The van der Waals surface area contributed by atoms with Crippen molar-refractivity contribution in [2.24, 2.45) is 0 Å². The molecule has 6 heteroatoms. The molecule has 120 valence electrons. The fourth-order valence-corrected chi connectivity index (χ4v) is 2.60. The number of hydrogen-bond acceptors (Lipinski definition) is 3. The van der Waals surface area contributed by atoms with E-state index in [4.69, 9.17) is 0 Å². The number of pyridine rings is 1. The number of amides is 1. The predicted octanol–water partition coefficient (Wildman–Crippen LogP) is 3.88. The average Bonchev–Trinajstić information content (AvgIpc) is 2.93. The third-order valence-corrected chi connectivity index (χ3v) is 3.76. The summed E-state index contributed by atoms with van der Waals surface area (Å²) < 4.78 is 15.1. The Morgan fingerprint density at radius 1 is 1.33 bits per heavy atom. The maximum absolute atomic E-state index is 13.1. The molecule has 0 saturated carbocycles. The van der Waals surface area contributed by atoms with Crippen LogP contribution in [0.5, 0.6) is 0 Å². The van der Waals surface area contributed by atoms with Crippen LogP contribution in [0.4, 0.5) is 10.1 Å². The smallest absolute Gasteiger partial charge is 0.255 e. The van der Waals surface area contributed by atoms with E-state index in [0.29, 0.717) is 11.3 Å². The van der Waals surface area contributed by atoms with Gasteiger partial charge in [0.15, 0.2) is 0 Å². The molecule has 1 aromatic carbocycles. The van der Waals surface area contributed by atoms with Gasteiger partial charge in [-0.05, 0) is 38.1 Å². The van der Waals surface area contributed by atoms with Gasteiger partial charge in [0.25, 0.3) is 5.91 Å². The second-order valence-electron chi connectivity index (χ2n) is 5.71. The van der Waals surface area contributed by atoms with E-state index in [1.807, 2.05) is 24.5 Å². The van der Waals surface area contributed by atoms with Crippen LogP contribution in [-0.2, 0) is 0 Å². The van der Waals surface area contributed by atoms with E-state index in [9.17, 15) is 14.4 Å². The average molecular weight is 322 g/mol. The molecule has 0 radical (unpaired) electrons. The third-order valence-electron chi connectivity index (χ3n) is 3.76. The van der Waals surface area contributed by atoms with Crippen LogP contribution in [0.3, 0.4) is 0 Å². The van der Waals surface area contributed by atoms with Gasteiger partial charge in [-0.1, -0.05) is 0 Å². The second-order valence-corrected chi connectivity index (χ2v) is 5.71. The zero-order chi connectivity index (χ0) is 17.3. The first kappa shape index (κ1) is 15.7. The lowest BCUT2D eigenvalue weighted by atomic mass is 10.1. The van der Waals surface area contributed by atoms with Crippen molar-refractivity contribution in [2.75, 3.05) is 5.32 Å². The molecule has 24 heavy (non-hydrogen) atoms. The minimum atomic E-state index is -0.709. The molecule has 0 unspecified atom stereocenters. The number of rotatable bonds is 3. The number of nitrogens with one attached hydrogen (secondary N) is 1. The van der Waals surface area contributed by atoms with Crippen LogP contribution in [0.25, 0.3) is 10.9 Å². The first-order chi connectivity index (χ1) is 11.5. The molecule has 0 spiro atoms. The maximum Gasteiger partial charge on any atom is 0.255 e. The maximum atomic E-state index is 13.1. The highest BCUT2D eigenvalue weighted by atomic mass is 19.1. The molecular weight excluding hydrogens is 307 g/mol. The van der Waals surface area contributed by atoms with Crippen molar-refractivity contribution in [1.82, 2.24) is 9.55 Å². The van der Waals surface area contributed by atoms with Gasteiger partial charge in [0.1, 0.15) is 6.07 Å². The van der Waals surface area contributed by atoms with E-state index in [-0.39, 0.29) is 11.6 Å². The predicted molar refractivity (Wildman–Crippen MR) is 89.2 cm³/mol. The van der Waals surface area contributed by atoms with E-state index in [1.165, 1.54) is 12.3 Å². The van der Waals surface area contributed by atoms with Gasteiger partial charge >= 0.3 is 0 Å². The summed E-state index contributed by atoms with van der Waals surface area (Å²) in [4.78, 5) is 15.6. The summed E-state index contributed by atoms with van der Waals surface area (Å²) in [5.41, 5.74) is 2.20. The van der Waals surface area contributed by atoms with Crippen molar-refractivity contribution in [2.45, 2.75) is 19.9 Å². The molecule has 0 bridgehead atoms. The Morgan fingerprint density at radius 2 is 2.12 bits per heavy atom. The summed E-state index contributed by atoms with van der Waals surface area (Å²) in [7, 11) is 0. The van der Waals surface area contributed by atoms with Gasteiger partial charge in [0.2, 0.25) is 5.95 Å². The zero-order valence-corrected chi connectivity index (χ0v) is 13.2. The van der Waals surface area contributed by atoms with E-state index < -0.39 is 11.9 Å². The Morgan fingerprint density at radius 3 is 2.79 bits per heavy atom. The highest BCUT2D eigenvalue weighted by Crippen LogP contribution is 2.27. The molecule has 2 aromatic heterocycles. The first-order valence-electron chi connectivity index (χ1n) is 7.47. The van der Waals surface area contributed by atoms with Gasteiger partial charge in [-0.2, -0.15) is 9.65 Å². The Bertz CT molecular complexity index is 969. The first-order valence-corrected chi connectivity index (χ1v) is 7.47. The lowest BCUT2D eigenvalue weighted by molar-refractivity contribution is 0.102. The number of carbonyl (C=O) groups excluding carboxylic acids is 1. The lowest BCUT2D eigenvalue weighted by Gasteiger charge is -2.10. The van der Waals surface area contributed by atoms with Gasteiger partial charge in [-0.25, -0.2) is 4.98 Å². The number of anilines is 1. The normalized spacial score (nSPS) is 10.8. The highest BCUT2D eigenvalue weighted by Gasteiger charge is 2.13. The lowest BCUT2D eigenvalue weighted by Crippen LogP contribution is -2.12. The van der Waals surface area contributed by atoms with Gasteiger partial charge in [-0.3, -0.25) is 4.79 Å². The van der Waals surface area contributed by atoms with Gasteiger partial charge in [-0.15, -0.1) is 0 Å². The van der Waals surface area contributed by atoms with Crippen molar-refractivity contribution in [3.8, 4) is 6.07 Å². The number of carbonyl (C=O) groups is 1. The van der Waals surface area contributed by atoms with Crippen molar-refractivity contribution in [1.29, 1.82) is 5.26 Å². The van der Waals surface area contributed by atoms with E-state index in [1.54, 1.807) is 18.3 Å². The Kier molecular flexibility index (Phi) is 4.00. The molecule has 0 aliphatic carbocycles. The van der Waals surface area contributed by atoms with E-state index in [0.717, 1.165) is 17.0 Å². The van der Waals surface area contributed by atoms with Crippen LogP contribution in [0.2, 0.25) is 0 Å². The Hall–Kier alpha value is -3.20. The fourth-order valence-electron chi connectivity index (χ4n) is 2.60. The molecule has 3 rings (SSSR count). The monoisotopic (exact) mass is 322 g/mol. The van der Waals surface area contributed by atoms with Crippen molar-refractivity contribution >= 4 is 22.5 Å². The number of nitriles is 1. The number of hydrogen-bond donors (Lipinski definition) is 1. The molecule has 5 nitrogen and oxygen atoms in total. The number of aromatic nitrogens is 2. The van der Waals surface area contributed by atoms with E-state index in [2.05, 4.69) is 16.4 Å². The second kappa shape index (κ2) is 6.13. The van der Waals surface area contributed by atoms with Crippen LogP contribution < -0.4 is 5.32 Å². The minimum absolute atomic E-state index is 0.183. The van der Waals surface area contributed by atoms with Gasteiger partial charge in [0, 0.05) is 46.7 Å². The van der Waals surface area contributed by atoms with Crippen molar-refractivity contribution in [3.05, 3.63) is 59.8 Å². The minimum Gasteiger partial charge on any atom is -0.344 e. The summed E-state index contributed by atoms with van der Waals surface area (Å²) in [6.45, 7) is 4.07. The molecule has 0 fully saturated rings. The van der Waals surface area contributed by atoms with Crippen LogP contribution in [0, 0.1) is 17.3 Å². The van der Waals surface area contributed by atoms with E-state index >= 15 is 0 Å². The zero-order valence-electron chi connectivity index (χ0n) is 13.2. The van der Waals surface area contributed by atoms with Gasteiger partial charge < -0.3 is 9.88 Å². The molecule has 0 saturated heterocycles. The molecule has 0 aliphatic rings. The summed E-state index contributed by atoms with van der Waals surface area (Å²) in [5, 5.41) is 12.8. The number of benzene rings is 1. The van der Waals surface area contributed by atoms with Crippen LogP contribution in [-0.4, -0.2) is 15.5 Å². The van der Waals surface area contributed by atoms with Crippen molar-refractivity contribution in [3.63, 3.8) is 0 Å². The molecule has 3 aromatic rings. The molecule has 0 aliphatic heterocycles. The standard InChI is InChI=1S/C18H15FN4O/c1-11(2)23-10-13(9-20)15-8-14(3-4-16(15)23)22-18(24)12-5-6-21-17(19)7-12/h3-8,10-11H,1-2H3,(H,22,24). The molecule has 1 amide bonds. The third kappa shape index (κ3) is 2.84. The summed E-state index contributed by atoms with van der Waals surface area (Å²) >= 11 is 0. The number of halogens is 1. The quantitative estimate of drug-likeness (QED) is 0.744. The largest absolute Gasteiger partial charge is 0.344 e. The molecule has 0 atom stereocenters. The molecule has 1 N–H and O–H groups in total. The van der Waals surface area contributed by atoms with Crippen LogP contribution >= 0.6 is 0 Å². The number of nitrogens with zero attached hydrogens (tertiary/aromatic N) is 3. The summed E-state index contributed by atoms with van der Waals surface area (Å²) in [6, 6.07) is 10.3. The van der Waals surface area contributed by atoms with Crippen LogP contribution in [0.1, 0.15) is 35.8 Å². The van der Waals surface area contributed by atoms with Gasteiger partial charge in [0.05, 0.1) is 5.56 Å². The summed E-state index contributed by atoms with van der Waals surface area (Å²) in [6.07, 6.45) is 3.04. The SMILES string of the molecule is CC(C)n1cc(C#N)c2cc(NC(=O)c3ccnc(F)c3)ccc21. The Labute approximate surface area is 138 Å². The topological polar surface area (TPSA) is 70.7 Å². The Balaban J connectivity index is 1.96. The van der Waals surface area contributed by atoms with Crippen molar-refractivity contribution < 1.29 is 9.18 Å².